The number of likely N-dealkylation sites (N-methyl/N-ethyl adjacent to an activating group) is 1. The summed E-state index contributed by atoms with van der Waals surface area (Å²) in [4.78, 5) is 27.8. The molecule has 0 spiro atoms. The molecule has 0 radical (unpaired) electrons. The van der Waals surface area contributed by atoms with Crippen molar-refractivity contribution in [2.24, 2.45) is 0 Å². The predicted molar refractivity (Wildman–Crippen MR) is 124 cm³/mol. The van der Waals surface area contributed by atoms with Crippen LogP contribution in [-0.2, 0) is 11.4 Å². The highest BCUT2D eigenvalue weighted by Crippen LogP contribution is 2.33. The van der Waals surface area contributed by atoms with Crippen molar-refractivity contribution in [2.45, 2.75) is 19.3 Å². The first-order valence-electron chi connectivity index (χ1n) is 11.2. The summed E-state index contributed by atoms with van der Waals surface area (Å²) < 4.78 is 81.7. The standard InChI is InChI=1S/C23H22F6N6O3/c1-32-6-8-33(9-7-32)15-2-3-16(24)18(11-15)35(38-21(25)26)22-30-5-4-17(31-22)19-10-14(20(36)37)12-34(19)13-23(27,28)29/h2-5,10-12,21H,6-9,13H2,1H3,(H,36,37). The van der Waals surface area contributed by atoms with Crippen molar-refractivity contribution in [2.75, 3.05) is 43.2 Å². The Balaban J connectivity index is 1.76. The number of anilines is 3. The molecule has 204 valence electrons. The summed E-state index contributed by atoms with van der Waals surface area (Å²) in [5, 5.41) is 9.61. The Kier molecular flexibility index (Phi) is 7.78. The van der Waals surface area contributed by atoms with Crippen LogP contribution in [0.3, 0.4) is 0 Å². The summed E-state index contributed by atoms with van der Waals surface area (Å²) in [6, 6.07) is 5.96. The first-order chi connectivity index (χ1) is 17.9. The van der Waals surface area contributed by atoms with Crippen molar-refractivity contribution in [1.82, 2.24) is 19.4 Å². The molecule has 1 fully saturated rings. The summed E-state index contributed by atoms with van der Waals surface area (Å²) >= 11 is 0. The number of hydrogen-bond acceptors (Lipinski definition) is 7. The van der Waals surface area contributed by atoms with E-state index in [9.17, 15) is 36.2 Å². The van der Waals surface area contributed by atoms with Gasteiger partial charge in [0.05, 0.1) is 17.0 Å². The number of halogens is 6. The van der Waals surface area contributed by atoms with Gasteiger partial charge in [0.15, 0.2) is 0 Å². The average molecular weight is 544 g/mol. The fraction of sp³-hybridized carbons (Fsp3) is 0.348. The van der Waals surface area contributed by atoms with Crippen LogP contribution in [0.1, 0.15) is 10.4 Å². The van der Waals surface area contributed by atoms with E-state index >= 15 is 0 Å². The lowest BCUT2D eigenvalue weighted by molar-refractivity contribution is -0.140. The lowest BCUT2D eigenvalue weighted by atomic mass is 10.2. The van der Waals surface area contributed by atoms with Crippen LogP contribution < -0.4 is 9.96 Å². The van der Waals surface area contributed by atoms with Crippen molar-refractivity contribution in [3.05, 3.63) is 54.1 Å². The molecule has 1 N–H and O–H groups in total. The monoisotopic (exact) mass is 544 g/mol. The highest BCUT2D eigenvalue weighted by molar-refractivity contribution is 5.89. The Bertz CT molecular complexity index is 1290. The number of aromatic carboxylic acids is 1. The van der Waals surface area contributed by atoms with E-state index in [1.807, 2.05) is 11.9 Å². The molecule has 9 nitrogen and oxygen atoms in total. The maximum Gasteiger partial charge on any atom is 0.406 e. The molecule has 2 aromatic heterocycles. The molecule has 0 aliphatic carbocycles. The maximum absolute atomic E-state index is 14.9. The molecule has 0 unspecified atom stereocenters. The fourth-order valence-electron chi connectivity index (χ4n) is 3.97. The third-order valence-electron chi connectivity index (χ3n) is 5.78. The second kappa shape index (κ2) is 10.9. The molecule has 1 aromatic carbocycles. The highest BCUT2D eigenvalue weighted by atomic mass is 19.4. The van der Waals surface area contributed by atoms with Crippen LogP contribution in [0.15, 0.2) is 42.7 Å². The number of rotatable bonds is 8. The van der Waals surface area contributed by atoms with E-state index in [0.717, 1.165) is 43.7 Å². The molecular weight excluding hydrogens is 522 g/mol. The molecular formula is C23H22F6N6O3. The van der Waals surface area contributed by atoms with Crippen molar-refractivity contribution in [3.8, 4) is 11.4 Å². The number of nitrogens with zero attached hydrogens (tertiary/aromatic N) is 6. The summed E-state index contributed by atoms with van der Waals surface area (Å²) in [6.07, 6.45) is -2.87. The van der Waals surface area contributed by atoms with Crippen molar-refractivity contribution >= 4 is 23.3 Å². The SMILES string of the molecule is CN1CCN(c2ccc(F)c(N(OC(F)F)c3nccc(-c4cc(C(=O)O)cn4CC(F)(F)F)n3)c2)CC1. The zero-order chi connectivity index (χ0) is 27.6. The maximum atomic E-state index is 14.9. The second-order valence-corrected chi connectivity index (χ2v) is 8.49. The molecule has 0 atom stereocenters. The van der Waals surface area contributed by atoms with E-state index in [-0.39, 0.29) is 11.4 Å². The van der Waals surface area contributed by atoms with Crippen LogP contribution in [0.5, 0.6) is 0 Å². The van der Waals surface area contributed by atoms with Gasteiger partial charge in [0, 0.05) is 44.3 Å². The molecule has 3 heterocycles. The first-order valence-corrected chi connectivity index (χ1v) is 11.2. The summed E-state index contributed by atoms with van der Waals surface area (Å²) in [5.41, 5.74) is -0.872. The minimum atomic E-state index is -4.70. The topological polar surface area (TPSA) is 87.0 Å². The predicted octanol–water partition coefficient (Wildman–Crippen LogP) is 4.39. The molecule has 3 aromatic rings. The van der Waals surface area contributed by atoms with Crippen molar-refractivity contribution in [1.29, 1.82) is 0 Å². The van der Waals surface area contributed by atoms with Gasteiger partial charge in [-0.3, -0.25) is 0 Å². The smallest absolute Gasteiger partial charge is 0.406 e. The van der Waals surface area contributed by atoms with Gasteiger partial charge >= 0.3 is 18.8 Å². The van der Waals surface area contributed by atoms with Crippen LogP contribution >= 0.6 is 0 Å². The van der Waals surface area contributed by atoms with Gasteiger partial charge < -0.3 is 19.5 Å². The van der Waals surface area contributed by atoms with Crippen molar-refractivity contribution < 1.29 is 41.1 Å². The molecule has 1 aliphatic rings. The number of carbonyl (C=O) groups is 1. The Labute approximate surface area is 212 Å². The number of aromatic nitrogens is 3. The largest absolute Gasteiger partial charge is 0.478 e. The number of piperazine rings is 1. The normalized spacial score (nSPS) is 14.8. The minimum absolute atomic E-state index is 0.231. The quantitative estimate of drug-likeness (QED) is 0.330. The Morgan fingerprint density at radius 3 is 2.50 bits per heavy atom. The van der Waals surface area contributed by atoms with Crippen LogP contribution in [-0.4, -0.2) is 76.5 Å². The van der Waals surface area contributed by atoms with E-state index < -0.39 is 48.3 Å². The highest BCUT2D eigenvalue weighted by Gasteiger charge is 2.31. The lowest BCUT2D eigenvalue weighted by Crippen LogP contribution is -2.44. The Morgan fingerprint density at radius 1 is 1.16 bits per heavy atom. The molecule has 1 saturated heterocycles. The molecule has 38 heavy (non-hydrogen) atoms. The van der Waals surface area contributed by atoms with Crippen LogP contribution in [0.2, 0.25) is 0 Å². The Hall–Kier alpha value is -3.85. The number of hydrogen-bond donors (Lipinski definition) is 1. The van der Waals surface area contributed by atoms with Crippen molar-refractivity contribution in [3.63, 3.8) is 0 Å². The van der Waals surface area contributed by atoms with E-state index in [2.05, 4.69) is 19.7 Å². The zero-order valence-electron chi connectivity index (χ0n) is 19.9. The molecule has 4 rings (SSSR count). The number of carboxylic acid groups (broad SMARTS) is 1. The molecule has 15 heteroatoms. The average Bonchev–Trinajstić information content (AvgIpc) is 3.26. The third-order valence-corrected chi connectivity index (χ3v) is 5.78. The molecule has 1 aliphatic heterocycles. The fourth-order valence-corrected chi connectivity index (χ4v) is 3.97. The van der Waals surface area contributed by atoms with Crippen LogP contribution in [0.25, 0.3) is 11.4 Å². The molecule has 0 bridgehead atoms. The van der Waals surface area contributed by atoms with Gasteiger partial charge in [0.1, 0.15) is 18.0 Å². The zero-order valence-corrected chi connectivity index (χ0v) is 19.9. The first kappa shape index (κ1) is 27.2. The van der Waals surface area contributed by atoms with E-state index in [4.69, 9.17) is 0 Å². The van der Waals surface area contributed by atoms with Gasteiger partial charge in [-0.15, -0.1) is 0 Å². The van der Waals surface area contributed by atoms with Gasteiger partial charge in [-0.05, 0) is 37.4 Å². The van der Waals surface area contributed by atoms with E-state index in [0.29, 0.717) is 28.4 Å². The summed E-state index contributed by atoms with van der Waals surface area (Å²) in [6.45, 7) is -2.30. The number of carboxylic acids is 1. The number of benzene rings is 1. The third kappa shape index (κ3) is 6.34. The summed E-state index contributed by atoms with van der Waals surface area (Å²) in [5.74, 6) is -3.02. The second-order valence-electron chi connectivity index (χ2n) is 8.49. The molecule has 0 saturated carbocycles. The number of alkyl halides is 5. The van der Waals surface area contributed by atoms with Gasteiger partial charge in [0.2, 0.25) is 0 Å². The Morgan fingerprint density at radius 2 is 1.87 bits per heavy atom. The lowest BCUT2D eigenvalue weighted by Gasteiger charge is -2.34. The van der Waals surface area contributed by atoms with Crippen LogP contribution in [0.4, 0.5) is 43.7 Å². The van der Waals surface area contributed by atoms with Gasteiger partial charge in [-0.1, -0.05) is 0 Å². The van der Waals surface area contributed by atoms with E-state index in [1.165, 1.54) is 12.1 Å². The van der Waals surface area contributed by atoms with Gasteiger partial charge in [0.25, 0.3) is 5.95 Å². The van der Waals surface area contributed by atoms with Gasteiger partial charge in [-0.2, -0.15) is 31.9 Å². The van der Waals surface area contributed by atoms with Gasteiger partial charge in [-0.25, -0.2) is 19.2 Å². The van der Waals surface area contributed by atoms with Crippen LogP contribution in [0, 0.1) is 5.82 Å². The summed E-state index contributed by atoms with van der Waals surface area (Å²) in [7, 11) is 1.94. The van der Waals surface area contributed by atoms with E-state index in [1.54, 1.807) is 0 Å². The molecule has 0 amide bonds. The minimum Gasteiger partial charge on any atom is -0.478 e.